The van der Waals surface area contributed by atoms with E-state index in [-0.39, 0.29) is 16.8 Å². The molecule has 1 N–H and O–H groups in total. The van der Waals surface area contributed by atoms with Crippen LogP contribution in [0.1, 0.15) is 276 Å². The molecule has 0 aromatic heterocycles. The van der Waals surface area contributed by atoms with E-state index in [2.05, 4.69) is 112 Å². The number of nitrogens with one attached hydrogen (secondary N) is 1. The standard InChI is InChI=1S/2C29H45NO2.C28H43NO2/c2*1-17-12-26-27(30(5)16-17)19(3)29(32-26)11-9-22-23-7-6-20-13-21(31)8-10-28(20,4)25(23)14-24(22)18(2)15-29;1-16-11-25-26(29-15-16)18(3)28(31-25)10-8-21-22-6-5-19-12-20(30)7-9-27(19,4)24(22)13-23(21)17(2)14-28/h2*17,19-20,22-23,25-27H,6-16H2,1-5H3;16,18-19,21-22,24-26,29H,5-15H2,1-4H3/t2*17-,19+,20+,22-,23-,25-,26+,27-,28-,29-;16-,18+,19+,21-,22-,24-,25+,26-,27-,28-/m000/s1. The summed E-state index contributed by atoms with van der Waals surface area (Å²) in [6.45, 7) is 33.3. The van der Waals surface area contributed by atoms with Crippen LogP contribution in [0.5, 0.6) is 0 Å². The number of ether oxygens (including phenoxy) is 3. The Morgan fingerprint density at radius 3 is 1.12 bits per heavy atom. The fraction of sp³-hybridized carbons (Fsp3) is 0.895. The van der Waals surface area contributed by atoms with E-state index in [1.807, 2.05) is 16.7 Å². The van der Waals surface area contributed by atoms with Gasteiger partial charge in [-0.25, -0.2) is 0 Å². The highest BCUT2D eigenvalue weighted by atomic mass is 16.5. The van der Waals surface area contributed by atoms with Gasteiger partial charge in [0.1, 0.15) is 17.3 Å². The molecule has 0 aromatic rings. The summed E-state index contributed by atoms with van der Waals surface area (Å²) < 4.78 is 21.2. The van der Waals surface area contributed by atoms with Crippen LogP contribution < -0.4 is 5.32 Å². The van der Waals surface area contributed by atoms with Gasteiger partial charge in [0, 0.05) is 87.5 Å². The number of Topliss-reactive ketones (excluding diaryl/α,β-unsaturated/α-hetero) is 3. The number of hydrogen-bond acceptors (Lipinski definition) is 9. The lowest BCUT2D eigenvalue weighted by molar-refractivity contribution is -0.130. The summed E-state index contributed by atoms with van der Waals surface area (Å²) in [7, 11) is 4.67. The normalized spacial score (nSPS) is 53.8. The SMILES string of the molecule is CC1=C2C[C@H]3[C@@H](CC[C@@H]4CC(=O)CC[C@@]43C)[C@@H]2CC[C@@]2(C1)O[C@@H]1C[C@H](C)CN(C)[C@H]1[C@H]2C.CC1=C2C[C@H]3[C@@H](CC[C@@H]4CC(=O)CC[C@@]43C)[C@@H]2CC[C@@]2(C1)O[C@@H]1C[C@H](C)CN(C)[C@H]1[C@H]2C.CC1=C2C[C@H]3[C@@H](CC[C@@H]4CC(=O)CC[C@@]43C)[C@@H]2CC[C@@]2(C1)O[C@@H]1C[C@H](C)CN[C@H]1[C@H]2C. The van der Waals surface area contributed by atoms with Gasteiger partial charge in [-0.15, -0.1) is 0 Å². The molecule has 18 aliphatic rings. The van der Waals surface area contributed by atoms with Gasteiger partial charge in [0.15, 0.2) is 0 Å². The third-order valence-corrected chi connectivity index (χ3v) is 35.1. The summed E-state index contributed by atoms with van der Waals surface area (Å²) in [6.07, 6.45) is 36.6. The Morgan fingerprint density at radius 2 is 0.747 bits per heavy atom. The summed E-state index contributed by atoms with van der Waals surface area (Å²) in [5.41, 5.74) is 11.9. The Labute approximate surface area is 576 Å². The molecule has 95 heavy (non-hydrogen) atoms. The summed E-state index contributed by atoms with van der Waals surface area (Å²) in [4.78, 5) is 41.8. The molecule has 0 bridgehead atoms. The number of carbonyl (C=O) groups is 3. The number of piperidine rings is 3. The van der Waals surface area contributed by atoms with Crippen LogP contribution in [0.3, 0.4) is 0 Å². The number of likely N-dealkylation sites (N-methyl/N-ethyl adjacent to an activating group) is 2. The van der Waals surface area contributed by atoms with Crippen LogP contribution in [0.2, 0.25) is 0 Å². The highest BCUT2D eigenvalue weighted by Gasteiger charge is 2.64. The predicted molar refractivity (Wildman–Crippen MR) is 380 cm³/mol. The van der Waals surface area contributed by atoms with E-state index in [1.54, 1.807) is 16.7 Å². The van der Waals surface area contributed by atoms with Crippen LogP contribution in [0.25, 0.3) is 0 Å². The van der Waals surface area contributed by atoms with E-state index in [9.17, 15) is 14.4 Å². The number of nitrogens with zero attached hydrogens (tertiary/aromatic N) is 2. The van der Waals surface area contributed by atoms with Crippen molar-refractivity contribution in [3.8, 4) is 0 Å². The van der Waals surface area contributed by atoms with Crippen molar-refractivity contribution in [2.24, 2.45) is 123 Å². The Morgan fingerprint density at radius 1 is 0.411 bits per heavy atom. The molecule has 6 aliphatic heterocycles. The zero-order valence-electron chi connectivity index (χ0n) is 62.5. The van der Waals surface area contributed by atoms with Crippen molar-refractivity contribution in [2.45, 2.75) is 329 Å². The fourth-order valence-electron chi connectivity index (χ4n) is 30.0. The van der Waals surface area contributed by atoms with Gasteiger partial charge in [0.25, 0.3) is 0 Å². The summed E-state index contributed by atoms with van der Waals surface area (Å²) in [5.74, 6) is 15.0. The second-order valence-electron chi connectivity index (χ2n) is 39.7. The summed E-state index contributed by atoms with van der Waals surface area (Å²) in [6, 6.07) is 1.75. The second-order valence-corrected chi connectivity index (χ2v) is 39.7. The molecule has 3 spiro atoms. The van der Waals surface area contributed by atoms with E-state index < -0.39 is 0 Å². The minimum atomic E-state index is 0.0572. The van der Waals surface area contributed by atoms with Crippen LogP contribution >= 0.6 is 0 Å². The summed E-state index contributed by atoms with van der Waals surface area (Å²) >= 11 is 0. The lowest BCUT2D eigenvalue weighted by Gasteiger charge is -2.52. The third-order valence-electron chi connectivity index (χ3n) is 35.1. The zero-order chi connectivity index (χ0) is 66.4. The first kappa shape index (κ1) is 67.5. The maximum Gasteiger partial charge on any atom is 0.133 e. The number of likely N-dealkylation sites (tertiary alicyclic amines) is 2. The summed E-state index contributed by atoms with van der Waals surface area (Å²) in [5, 5.41) is 3.85. The first-order valence-corrected chi connectivity index (χ1v) is 41.0. The van der Waals surface area contributed by atoms with Gasteiger partial charge in [-0.1, -0.05) is 95.8 Å². The molecular formula is C86H133N3O6. The van der Waals surface area contributed by atoms with Crippen molar-refractivity contribution >= 4 is 17.3 Å². The first-order valence-electron chi connectivity index (χ1n) is 41.0. The topological polar surface area (TPSA) is 97.4 Å². The molecule has 9 saturated carbocycles. The number of fused-ring (bicyclic) bond motifs is 18. The molecule has 18 rings (SSSR count). The van der Waals surface area contributed by atoms with Gasteiger partial charge in [-0.05, 0) is 301 Å². The third kappa shape index (κ3) is 10.9. The Bertz CT molecular complexity index is 2970. The van der Waals surface area contributed by atoms with Crippen molar-refractivity contribution in [1.29, 1.82) is 0 Å². The van der Waals surface area contributed by atoms with Crippen molar-refractivity contribution < 1.29 is 28.6 Å². The van der Waals surface area contributed by atoms with Crippen LogP contribution in [0, 0.1) is 123 Å². The number of hydrogen-bond donors (Lipinski definition) is 1. The van der Waals surface area contributed by atoms with Gasteiger partial charge in [0.05, 0.1) is 35.1 Å². The molecule has 528 valence electrons. The Balaban J connectivity index is 0.000000112. The van der Waals surface area contributed by atoms with Crippen LogP contribution in [0.15, 0.2) is 33.4 Å². The lowest BCUT2D eigenvalue weighted by atomic mass is 9.52. The first-order chi connectivity index (χ1) is 45.2. The van der Waals surface area contributed by atoms with Gasteiger partial charge < -0.3 is 29.3 Å². The van der Waals surface area contributed by atoms with E-state index in [4.69, 9.17) is 14.2 Å². The number of allylic oxidation sites excluding steroid dienone is 3. The monoisotopic (exact) mass is 1300 g/mol. The molecule has 0 aromatic carbocycles. The van der Waals surface area contributed by atoms with Crippen LogP contribution in [0.4, 0.5) is 0 Å². The predicted octanol–water partition coefficient (Wildman–Crippen LogP) is 17.7. The maximum atomic E-state index is 12.2. The van der Waals surface area contributed by atoms with Gasteiger partial charge in [0.2, 0.25) is 0 Å². The van der Waals surface area contributed by atoms with Crippen LogP contribution in [-0.4, -0.2) is 114 Å². The number of rotatable bonds is 0. The molecule has 0 unspecified atom stereocenters. The van der Waals surface area contributed by atoms with Crippen molar-refractivity contribution in [2.75, 3.05) is 33.7 Å². The lowest BCUT2D eigenvalue weighted by Crippen LogP contribution is -2.49. The fourth-order valence-corrected chi connectivity index (χ4v) is 30.0. The molecule has 9 nitrogen and oxygen atoms in total. The molecule has 12 aliphatic carbocycles. The Hall–Kier alpha value is -2.01. The minimum Gasteiger partial charge on any atom is -0.369 e. The van der Waals surface area contributed by atoms with Crippen molar-refractivity contribution in [3.63, 3.8) is 0 Å². The van der Waals surface area contributed by atoms with Crippen molar-refractivity contribution in [3.05, 3.63) is 33.4 Å². The smallest absolute Gasteiger partial charge is 0.133 e. The molecule has 6 saturated heterocycles. The van der Waals surface area contributed by atoms with Crippen molar-refractivity contribution in [1.82, 2.24) is 15.1 Å². The van der Waals surface area contributed by atoms with E-state index >= 15 is 0 Å². The van der Waals surface area contributed by atoms with Gasteiger partial charge in [-0.2, -0.15) is 0 Å². The molecule has 15 fully saturated rings. The average Bonchev–Trinajstić information content (AvgIpc) is 1.60. The molecule has 30 atom stereocenters. The largest absolute Gasteiger partial charge is 0.369 e. The maximum absolute atomic E-state index is 12.2. The van der Waals surface area contributed by atoms with Gasteiger partial charge >= 0.3 is 0 Å². The van der Waals surface area contributed by atoms with Crippen LogP contribution in [-0.2, 0) is 28.6 Å². The van der Waals surface area contributed by atoms with E-state index in [0.29, 0.717) is 106 Å². The molecule has 0 amide bonds. The average molecular weight is 1310 g/mol. The van der Waals surface area contributed by atoms with E-state index in [0.717, 1.165) is 155 Å². The second kappa shape index (κ2) is 24.6. The highest BCUT2D eigenvalue weighted by Crippen LogP contribution is 2.69. The Kier molecular flexibility index (Phi) is 17.5. The number of carbonyl (C=O) groups excluding carboxylic acids is 3. The molecular weight excluding hydrogens is 1170 g/mol. The zero-order valence-corrected chi connectivity index (χ0v) is 62.5. The van der Waals surface area contributed by atoms with E-state index in [1.165, 1.54) is 129 Å². The molecule has 9 heteroatoms. The van der Waals surface area contributed by atoms with Gasteiger partial charge in [-0.3, -0.25) is 14.4 Å². The highest BCUT2D eigenvalue weighted by molar-refractivity contribution is 5.80. The quantitative estimate of drug-likeness (QED) is 0.238. The minimum absolute atomic E-state index is 0.0572. The number of ketones is 3. The molecule has 6 heterocycles. The molecule has 0 radical (unpaired) electrons.